The molecule has 130 valence electrons. The van der Waals surface area contributed by atoms with Gasteiger partial charge in [0.2, 0.25) is 10.0 Å². The Morgan fingerprint density at radius 1 is 1.26 bits per heavy atom. The van der Waals surface area contributed by atoms with E-state index >= 15 is 0 Å². The second kappa shape index (κ2) is 7.64. The van der Waals surface area contributed by atoms with E-state index in [4.69, 9.17) is 9.47 Å². The molecule has 1 heterocycles. The first-order valence-electron chi connectivity index (χ1n) is 8.23. The second-order valence-electron chi connectivity index (χ2n) is 6.21. The normalized spacial score (nSPS) is 23.0. The van der Waals surface area contributed by atoms with Crippen LogP contribution in [0.1, 0.15) is 39.2 Å². The third-order valence-electron chi connectivity index (χ3n) is 3.93. The molecule has 1 aromatic carbocycles. The highest BCUT2D eigenvalue weighted by Crippen LogP contribution is 2.26. The summed E-state index contributed by atoms with van der Waals surface area (Å²) < 4.78 is 38.5. The quantitative estimate of drug-likeness (QED) is 0.747. The number of hydrogen-bond acceptors (Lipinski definition) is 4. The van der Waals surface area contributed by atoms with Crippen LogP contribution in [0.3, 0.4) is 0 Å². The van der Waals surface area contributed by atoms with E-state index in [0.717, 1.165) is 24.2 Å². The Hall–Kier alpha value is -1.11. The van der Waals surface area contributed by atoms with Crippen LogP contribution in [0.2, 0.25) is 0 Å². The van der Waals surface area contributed by atoms with Gasteiger partial charge in [0.15, 0.2) is 0 Å². The molecule has 1 aliphatic heterocycles. The van der Waals surface area contributed by atoms with Crippen molar-refractivity contribution in [3.63, 3.8) is 0 Å². The monoisotopic (exact) mass is 341 g/mol. The smallest absolute Gasteiger partial charge is 0.243 e. The number of ether oxygens (including phenoxy) is 2. The maximum absolute atomic E-state index is 12.8. The Balaban J connectivity index is 2.18. The van der Waals surface area contributed by atoms with Gasteiger partial charge in [-0.1, -0.05) is 13.3 Å². The third kappa shape index (κ3) is 4.46. The standard InChI is InChI=1S/C17H27NO4S/c1-5-6-9-21-17-8-7-16(10-13(17)2)23(19,20)18-11-14(3)22-15(4)12-18/h7-8,10,14-15H,5-6,9,11-12H2,1-4H3/t14-,15+. The lowest BCUT2D eigenvalue weighted by molar-refractivity contribution is -0.0440. The first-order chi connectivity index (χ1) is 10.8. The molecule has 0 aliphatic carbocycles. The van der Waals surface area contributed by atoms with Crippen molar-refractivity contribution in [2.24, 2.45) is 0 Å². The van der Waals surface area contributed by atoms with E-state index < -0.39 is 10.0 Å². The lowest BCUT2D eigenvalue weighted by atomic mass is 10.2. The molecular formula is C17H27NO4S. The maximum atomic E-state index is 12.8. The summed E-state index contributed by atoms with van der Waals surface area (Å²) in [6, 6.07) is 5.08. The van der Waals surface area contributed by atoms with E-state index in [2.05, 4.69) is 6.92 Å². The molecule has 6 heteroatoms. The number of sulfonamides is 1. The minimum atomic E-state index is -3.49. The number of rotatable bonds is 6. The topological polar surface area (TPSA) is 55.8 Å². The van der Waals surface area contributed by atoms with Crippen LogP contribution in [0.4, 0.5) is 0 Å². The maximum Gasteiger partial charge on any atom is 0.243 e. The van der Waals surface area contributed by atoms with E-state index in [-0.39, 0.29) is 12.2 Å². The van der Waals surface area contributed by atoms with Gasteiger partial charge in [0.05, 0.1) is 23.7 Å². The summed E-state index contributed by atoms with van der Waals surface area (Å²) in [7, 11) is -3.49. The molecule has 0 bridgehead atoms. The fraction of sp³-hybridized carbons (Fsp3) is 0.647. The zero-order valence-electron chi connectivity index (χ0n) is 14.4. The zero-order chi connectivity index (χ0) is 17.0. The molecule has 0 amide bonds. The summed E-state index contributed by atoms with van der Waals surface area (Å²) in [5, 5.41) is 0. The molecule has 0 spiro atoms. The molecule has 0 saturated carbocycles. The number of hydrogen-bond donors (Lipinski definition) is 0. The molecular weight excluding hydrogens is 314 g/mol. The highest BCUT2D eigenvalue weighted by Gasteiger charge is 2.32. The van der Waals surface area contributed by atoms with Gasteiger partial charge < -0.3 is 9.47 Å². The summed E-state index contributed by atoms with van der Waals surface area (Å²) >= 11 is 0. The largest absolute Gasteiger partial charge is 0.493 e. The van der Waals surface area contributed by atoms with Gasteiger partial charge in [-0.05, 0) is 51.0 Å². The van der Waals surface area contributed by atoms with Crippen molar-refractivity contribution in [3.05, 3.63) is 23.8 Å². The fourth-order valence-electron chi connectivity index (χ4n) is 2.75. The van der Waals surface area contributed by atoms with Crippen LogP contribution in [-0.4, -0.2) is 44.6 Å². The number of morpholine rings is 1. The number of aryl methyl sites for hydroxylation is 1. The van der Waals surface area contributed by atoms with Gasteiger partial charge in [-0.25, -0.2) is 8.42 Å². The van der Waals surface area contributed by atoms with Gasteiger partial charge in [-0.3, -0.25) is 0 Å². The third-order valence-corrected chi connectivity index (χ3v) is 5.75. The lowest BCUT2D eigenvalue weighted by Crippen LogP contribution is -2.48. The summed E-state index contributed by atoms with van der Waals surface area (Å²) in [5.41, 5.74) is 0.844. The summed E-state index contributed by atoms with van der Waals surface area (Å²) in [5.74, 6) is 0.751. The lowest BCUT2D eigenvalue weighted by Gasteiger charge is -2.34. The molecule has 0 radical (unpaired) electrons. The van der Waals surface area contributed by atoms with Crippen LogP contribution in [0.25, 0.3) is 0 Å². The van der Waals surface area contributed by atoms with Crippen LogP contribution in [0.15, 0.2) is 23.1 Å². The van der Waals surface area contributed by atoms with Crippen LogP contribution < -0.4 is 4.74 Å². The number of unbranched alkanes of at least 4 members (excludes halogenated alkanes) is 1. The molecule has 2 rings (SSSR count). The first kappa shape index (κ1) is 18.2. The summed E-state index contributed by atoms with van der Waals surface area (Å²) in [4.78, 5) is 0.319. The van der Waals surface area contributed by atoms with Crippen molar-refractivity contribution in [1.82, 2.24) is 4.31 Å². The van der Waals surface area contributed by atoms with Crippen molar-refractivity contribution in [2.75, 3.05) is 19.7 Å². The molecule has 1 fully saturated rings. The Kier molecular flexibility index (Phi) is 6.06. The van der Waals surface area contributed by atoms with E-state index in [9.17, 15) is 8.42 Å². The summed E-state index contributed by atoms with van der Waals surface area (Å²) in [6.07, 6.45) is 1.87. The summed E-state index contributed by atoms with van der Waals surface area (Å²) in [6.45, 7) is 9.21. The van der Waals surface area contributed by atoms with E-state index in [1.165, 1.54) is 4.31 Å². The van der Waals surface area contributed by atoms with Gasteiger partial charge in [0.1, 0.15) is 5.75 Å². The predicted octanol–water partition coefficient (Wildman–Crippen LogP) is 2.97. The molecule has 1 saturated heterocycles. The highest BCUT2D eigenvalue weighted by atomic mass is 32.2. The van der Waals surface area contributed by atoms with Gasteiger partial charge in [-0.15, -0.1) is 0 Å². The van der Waals surface area contributed by atoms with Crippen LogP contribution in [0, 0.1) is 6.92 Å². The van der Waals surface area contributed by atoms with Gasteiger partial charge in [-0.2, -0.15) is 4.31 Å². The molecule has 1 aromatic rings. The van der Waals surface area contributed by atoms with Gasteiger partial charge in [0, 0.05) is 13.1 Å². The second-order valence-corrected chi connectivity index (χ2v) is 8.15. The van der Waals surface area contributed by atoms with Crippen LogP contribution in [-0.2, 0) is 14.8 Å². The predicted molar refractivity (Wildman–Crippen MR) is 90.3 cm³/mol. The van der Waals surface area contributed by atoms with Crippen LogP contribution in [0.5, 0.6) is 5.75 Å². The van der Waals surface area contributed by atoms with E-state index in [0.29, 0.717) is 24.6 Å². The van der Waals surface area contributed by atoms with E-state index in [1.807, 2.05) is 20.8 Å². The molecule has 2 atom stereocenters. The van der Waals surface area contributed by atoms with Gasteiger partial charge >= 0.3 is 0 Å². The van der Waals surface area contributed by atoms with Gasteiger partial charge in [0.25, 0.3) is 0 Å². The molecule has 0 unspecified atom stereocenters. The molecule has 0 aromatic heterocycles. The fourth-order valence-corrected chi connectivity index (χ4v) is 4.42. The Labute approximate surface area is 139 Å². The number of benzene rings is 1. The average molecular weight is 341 g/mol. The molecule has 5 nitrogen and oxygen atoms in total. The average Bonchev–Trinajstić information content (AvgIpc) is 2.48. The SMILES string of the molecule is CCCCOc1ccc(S(=O)(=O)N2C[C@@H](C)O[C@@H](C)C2)cc1C. The van der Waals surface area contributed by atoms with Crippen molar-refractivity contribution < 1.29 is 17.9 Å². The van der Waals surface area contributed by atoms with Crippen molar-refractivity contribution >= 4 is 10.0 Å². The zero-order valence-corrected chi connectivity index (χ0v) is 15.2. The van der Waals surface area contributed by atoms with Crippen LogP contribution >= 0.6 is 0 Å². The minimum Gasteiger partial charge on any atom is -0.493 e. The molecule has 23 heavy (non-hydrogen) atoms. The molecule has 1 aliphatic rings. The van der Waals surface area contributed by atoms with E-state index in [1.54, 1.807) is 18.2 Å². The minimum absolute atomic E-state index is 0.0914. The molecule has 0 N–H and O–H groups in total. The van der Waals surface area contributed by atoms with Crippen molar-refractivity contribution in [2.45, 2.75) is 57.6 Å². The Morgan fingerprint density at radius 2 is 1.91 bits per heavy atom. The Morgan fingerprint density at radius 3 is 2.48 bits per heavy atom. The Bertz CT molecular complexity index is 619. The van der Waals surface area contributed by atoms with Crippen molar-refractivity contribution in [1.29, 1.82) is 0 Å². The highest BCUT2D eigenvalue weighted by molar-refractivity contribution is 7.89. The van der Waals surface area contributed by atoms with Crippen molar-refractivity contribution in [3.8, 4) is 5.75 Å². The number of nitrogens with zero attached hydrogens (tertiary/aromatic N) is 1. The first-order valence-corrected chi connectivity index (χ1v) is 9.67.